The second kappa shape index (κ2) is 2.60. The molecule has 1 rings (SSSR count). The van der Waals surface area contributed by atoms with Crippen LogP contribution in [0.25, 0.3) is 0 Å². The zero-order chi connectivity index (χ0) is 8.48. The van der Waals surface area contributed by atoms with Crippen molar-refractivity contribution in [1.29, 1.82) is 0 Å². The Morgan fingerprint density at radius 3 is 2.45 bits per heavy atom. The Balaban J connectivity index is 2.71. The van der Waals surface area contributed by atoms with E-state index in [2.05, 4.69) is 0 Å². The number of hydrogen-bond donors (Lipinski definition) is 0. The highest BCUT2D eigenvalue weighted by atomic mass is 19.4. The van der Waals surface area contributed by atoms with Gasteiger partial charge in [-0.3, -0.25) is 0 Å². The van der Waals surface area contributed by atoms with Gasteiger partial charge in [0, 0.05) is 13.6 Å². The van der Waals surface area contributed by atoms with Crippen LogP contribution in [-0.2, 0) is 0 Å². The van der Waals surface area contributed by atoms with Crippen molar-refractivity contribution in [3.05, 3.63) is 23.9 Å². The normalized spacial score (nSPS) is 18.5. The number of nitrogens with zero attached hydrogens (tertiary/aromatic N) is 1. The van der Waals surface area contributed by atoms with E-state index in [4.69, 9.17) is 0 Å². The maximum absolute atomic E-state index is 11.9. The molecular weight excluding hydrogens is 155 g/mol. The van der Waals surface area contributed by atoms with E-state index in [1.807, 2.05) is 0 Å². The zero-order valence-corrected chi connectivity index (χ0v) is 6.02. The predicted octanol–water partition coefficient (Wildman–Crippen LogP) is 1.93. The molecule has 0 aromatic rings. The maximum atomic E-state index is 11.9. The monoisotopic (exact) mass is 163 g/mol. The molecule has 0 aromatic carbocycles. The number of hydrogen-bond acceptors (Lipinski definition) is 1. The molecule has 0 aliphatic carbocycles. The molecule has 0 spiro atoms. The van der Waals surface area contributed by atoms with Gasteiger partial charge in [-0.2, -0.15) is 13.2 Å². The first-order valence-electron chi connectivity index (χ1n) is 3.16. The number of rotatable bonds is 0. The van der Waals surface area contributed by atoms with Crippen molar-refractivity contribution in [3.8, 4) is 0 Å². The minimum atomic E-state index is -4.20. The third-order valence-corrected chi connectivity index (χ3v) is 1.44. The van der Waals surface area contributed by atoms with Crippen LogP contribution in [0.3, 0.4) is 0 Å². The van der Waals surface area contributed by atoms with Crippen LogP contribution < -0.4 is 0 Å². The Bertz CT molecular complexity index is 202. The van der Waals surface area contributed by atoms with E-state index in [9.17, 15) is 13.2 Å². The SMILES string of the molecule is CN1C=CC(C(F)(F)F)=CC1. The summed E-state index contributed by atoms with van der Waals surface area (Å²) in [5.74, 6) is 0. The Morgan fingerprint density at radius 1 is 1.45 bits per heavy atom. The summed E-state index contributed by atoms with van der Waals surface area (Å²) in [5, 5.41) is 0. The largest absolute Gasteiger partial charge is 0.416 e. The molecule has 4 heteroatoms. The summed E-state index contributed by atoms with van der Waals surface area (Å²) >= 11 is 0. The van der Waals surface area contributed by atoms with Crippen molar-refractivity contribution in [1.82, 2.24) is 4.90 Å². The third kappa shape index (κ3) is 2.00. The molecule has 0 aromatic heterocycles. The van der Waals surface area contributed by atoms with E-state index < -0.39 is 11.7 Å². The third-order valence-electron chi connectivity index (χ3n) is 1.44. The van der Waals surface area contributed by atoms with Crippen LogP contribution in [0.4, 0.5) is 13.2 Å². The van der Waals surface area contributed by atoms with Crippen molar-refractivity contribution >= 4 is 0 Å². The van der Waals surface area contributed by atoms with Gasteiger partial charge in [0.05, 0.1) is 5.57 Å². The standard InChI is InChI=1S/C7H8F3N/c1-11-4-2-6(3-5-11)7(8,9)10/h2-4H,5H2,1H3. The van der Waals surface area contributed by atoms with Crippen molar-refractivity contribution in [2.75, 3.05) is 13.6 Å². The van der Waals surface area contributed by atoms with Gasteiger partial charge in [-0.05, 0) is 12.3 Å². The van der Waals surface area contributed by atoms with Gasteiger partial charge in [-0.25, -0.2) is 0 Å². The highest BCUT2D eigenvalue weighted by Gasteiger charge is 2.32. The van der Waals surface area contributed by atoms with Crippen LogP contribution in [0, 0.1) is 0 Å². The molecule has 0 bridgehead atoms. The number of allylic oxidation sites excluding steroid dienone is 2. The van der Waals surface area contributed by atoms with E-state index in [-0.39, 0.29) is 0 Å². The van der Waals surface area contributed by atoms with E-state index in [0.717, 1.165) is 6.08 Å². The van der Waals surface area contributed by atoms with Crippen molar-refractivity contribution < 1.29 is 13.2 Å². The Morgan fingerprint density at radius 2 is 2.09 bits per heavy atom. The van der Waals surface area contributed by atoms with Gasteiger partial charge in [0.25, 0.3) is 0 Å². The molecule has 0 saturated heterocycles. The van der Waals surface area contributed by atoms with E-state index in [1.54, 1.807) is 11.9 Å². The second-order valence-electron chi connectivity index (χ2n) is 2.41. The molecule has 11 heavy (non-hydrogen) atoms. The van der Waals surface area contributed by atoms with Crippen LogP contribution >= 0.6 is 0 Å². The minimum Gasteiger partial charge on any atom is -0.377 e. The molecule has 62 valence electrons. The van der Waals surface area contributed by atoms with Crippen LogP contribution in [0.5, 0.6) is 0 Å². The van der Waals surface area contributed by atoms with Crippen LogP contribution in [0.2, 0.25) is 0 Å². The first-order valence-corrected chi connectivity index (χ1v) is 3.16. The molecule has 0 radical (unpaired) electrons. The molecule has 1 aliphatic rings. The van der Waals surface area contributed by atoms with Crippen LogP contribution in [0.15, 0.2) is 23.9 Å². The Kier molecular flexibility index (Phi) is 1.93. The summed E-state index contributed by atoms with van der Waals surface area (Å²) in [5.41, 5.74) is -0.560. The molecular formula is C7H8F3N. The molecule has 0 fully saturated rings. The summed E-state index contributed by atoms with van der Waals surface area (Å²) in [4.78, 5) is 1.68. The van der Waals surface area contributed by atoms with E-state index in [0.29, 0.717) is 6.54 Å². The van der Waals surface area contributed by atoms with Crippen LogP contribution in [0.1, 0.15) is 0 Å². The average molecular weight is 163 g/mol. The lowest BCUT2D eigenvalue weighted by Gasteiger charge is -2.18. The predicted molar refractivity (Wildman–Crippen MR) is 35.9 cm³/mol. The summed E-state index contributed by atoms with van der Waals surface area (Å²) in [6.07, 6.45) is -0.538. The first-order chi connectivity index (χ1) is 5.00. The second-order valence-corrected chi connectivity index (χ2v) is 2.41. The maximum Gasteiger partial charge on any atom is 0.416 e. The summed E-state index contributed by atoms with van der Waals surface area (Å²) < 4.78 is 35.8. The van der Waals surface area contributed by atoms with Crippen molar-refractivity contribution in [2.24, 2.45) is 0 Å². The van der Waals surface area contributed by atoms with Gasteiger partial charge in [0.15, 0.2) is 0 Å². The Hall–Kier alpha value is -0.930. The highest BCUT2D eigenvalue weighted by molar-refractivity contribution is 5.26. The average Bonchev–Trinajstić information content (AvgIpc) is 1.86. The summed E-state index contributed by atoms with van der Waals surface area (Å²) in [6.45, 7) is 0.325. The fourth-order valence-electron chi connectivity index (χ4n) is 0.789. The molecule has 1 nitrogen and oxygen atoms in total. The van der Waals surface area contributed by atoms with Gasteiger partial charge in [-0.15, -0.1) is 0 Å². The number of halogens is 3. The van der Waals surface area contributed by atoms with Gasteiger partial charge in [0.1, 0.15) is 0 Å². The lowest BCUT2D eigenvalue weighted by molar-refractivity contribution is -0.0888. The topological polar surface area (TPSA) is 3.24 Å². The van der Waals surface area contributed by atoms with E-state index >= 15 is 0 Å². The fraction of sp³-hybridized carbons (Fsp3) is 0.429. The lowest BCUT2D eigenvalue weighted by Crippen LogP contribution is -2.19. The van der Waals surface area contributed by atoms with Crippen molar-refractivity contribution in [2.45, 2.75) is 6.18 Å². The fourth-order valence-corrected chi connectivity index (χ4v) is 0.789. The Labute approximate surface area is 62.8 Å². The van der Waals surface area contributed by atoms with Gasteiger partial charge < -0.3 is 4.90 Å². The van der Waals surface area contributed by atoms with Gasteiger partial charge in [-0.1, -0.05) is 6.08 Å². The minimum absolute atomic E-state index is 0.325. The smallest absolute Gasteiger partial charge is 0.377 e. The molecule has 0 saturated carbocycles. The summed E-state index contributed by atoms with van der Waals surface area (Å²) in [6, 6.07) is 0. The lowest BCUT2D eigenvalue weighted by atomic mass is 10.2. The van der Waals surface area contributed by atoms with E-state index in [1.165, 1.54) is 12.3 Å². The van der Waals surface area contributed by atoms with Crippen LogP contribution in [-0.4, -0.2) is 24.7 Å². The molecule has 0 unspecified atom stereocenters. The number of likely N-dealkylation sites (N-methyl/N-ethyl adjacent to an activating group) is 1. The van der Waals surface area contributed by atoms with Gasteiger partial charge >= 0.3 is 6.18 Å². The highest BCUT2D eigenvalue weighted by Crippen LogP contribution is 2.27. The molecule has 1 aliphatic heterocycles. The molecule has 0 amide bonds. The molecule has 0 atom stereocenters. The number of alkyl halides is 3. The molecule has 0 N–H and O–H groups in total. The summed E-state index contributed by atoms with van der Waals surface area (Å²) in [7, 11) is 1.72. The zero-order valence-electron chi connectivity index (χ0n) is 6.02. The first kappa shape index (κ1) is 8.17. The van der Waals surface area contributed by atoms with Gasteiger partial charge in [0.2, 0.25) is 0 Å². The quantitative estimate of drug-likeness (QED) is 0.527. The molecule has 1 heterocycles. The van der Waals surface area contributed by atoms with Crippen molar-refractivity contribution in [3.63, 3.8) is 0 Å².